The Hall–Kier alpha value is -1.91. The van der Waals surface area contributed by atoms with Gasteiger partial charge in [-0.1, -0.05) is 6.07 Å². The highest BCUT2D eigenvalue weighted by atomic mass is 16.6. The summed E-state index contributed by atoms with van der Waals surface area (Å²) < 4.78 is 10.6. The van der Waals surface area contributed by atoms with Crippen LogP contribution >= 0.6 is 0 Å². The van der Waals surface area contributed by atoms with Crippen molar-refractivity contribution >= 4 is 11.8 Å². The second kappa shape index (κ2) is 7.57. The fourth-order valence-electron chi connectivity index (χ4n) is 2.80. The van der Waals surface area contributed by atoms with Gasteiger partial charge in [0.25, 0.3) is 0 Å². The van der Waals surface area contributed by atoms with Crippen molar-refractivity contribution in [2.45, 2.75) is 64.1 Å². The zero-order valence-electron chi connectivity index (χ0n) is 14.5. The smallest absolute Gasteiger partial charge is 0.407 e. The summed E-state index contributed by atoms with van der Waals surface area (Å²) in [7, 11) is 1.67. The topological polar surface area (TPSA) is 59.6 Å². The summed E-state index contributed by atoms with van der Waals surface area (Å²) in [6.07, 6.45) is 3.65. The molecule has 1 fully saturated rings. The highest BCUT2D eigenvalue weighted by Crippen LogP contribution is 2.24. The van der Waals surface area contributed by atoms with E-state index in [-0.39, 0.29) is 12.1 Å². The van der Waals surface area contributed by atoms with Crippen LogP contribution in [0.15, 0.2) is 24.3 Å². The third kappa shape index (κ3) is 6.00. The lowest BCUT2D eigenvalue weighted by Gasteiger charge is -2.31. The summed E-state index contributed by atoms with van der Waals surface area (Å²) in [6.45, 7) is 5.63. The molecule has 128 valence electrons. The monoisotopic (exact) mass is 320 g/mol. The lowest BCUT2D eigenvalue weighted by Crippen LogP contribution is -2.42. The van der Waals surface area contributed by atoms with Gasteiger partial charge in [0, 0.05) is 23.8 Å². The molecular formula is C18H28N2O3. The third-order valence-electron chi connectivity index (χ3n) is 3.89. The van der Waals surface area contributed by atoms with E-state index in [0.717, 1.165) is 37.1 Å². The molecule has 0 saturated heterocycles. The standard InChI is InChI=1S/C18H28N2O3/c1-18(2,3)23-17(21)20-14-10-8-13(9-11-14)19-15-6-5-7-16(12-15)22-4/h5-7,12-14,19H,8-11H2,1-4H3,(H,20,21). The zero-order valence-corrected chi connectivity index (χ0v) is 14.5. The van der Waals surface area contributed by atoms with E-state index < -0.39 is 5.60 Å². The van der Waals surface area contributed by atoms with Crippen LogP contribution in [0.2, 0.25) is 0 Å². The maximum absolute atomic E-state index is 11.8. The Kier molecular flexibility index (Phi) is 5.74. The van der Waals surface area contributed by atoms with Crippen LogP contribution in [-0.2, 0) is 4.74 Å². The molecule has 0 radical (unpaired) electrons. The molecule has 23 heavy (non-hydrogen) atoms. The van der Waals surface area contributed by atoms with Crippen LogP contribution in [0.1, 0.15) is 46.5 Å². The molecule has 0 bridgehead atoms. The first kappa shape index (κ1) is 17.4. The van der Waals surface area contributed by atoms with Crippen LogP contribution in [0.5, 0.6) is 5.75 Å². The molecule has 1 aliphatic carbocycles. The minimum absolute atomic E-state index is 0.202. The average Bonchev–Trinajstić information content (AvgIpc) is 2.47. The van der Waals surface area contributed by atoms with Crippen LogP contribution in [0, 0.1) is 0 Å². The van der Waals surface area contributed by atoms with Gasteiger partial charge in [0.1, 0.15) is 11.4 Å². The molecule has 0 heterocycles. The van der Waals surface area contributed by atoms with Crippen molar-refractivity contribution in [1.82, 2.24) is 5.32 Å². The van der Waals surface area contributed by atoms with Crippen molar-refractivity contribution in [3.63, 3.8) is 0 Å². The lowest BCUT2D eigenvalue weighted by molar-refractivity contribution is 0.0492. The van der Waals surface area contributed by atoms with Crippen LogP contribution in [-0.4, -0.2) is 30.9 Å². The van der Waals surface area contributed by atoms with Crippen LogP contribution in [0.3, 0.4) is 0 Å². The van der Waals surface area contributed by atoms with Crippen LogP contribution < -0.4 is 15.4 Å². The molecule has 1 aromatic carbocycles. The van der Waals surface area contributed by atoms with E-state index in [1.54, 1.807) is 7.11 Å². The highest BCUT2D eigenvalue weighted by molar-refractivity contribution is 5.68. The molecule has 0 aromatic heterocycles. The Balaban J connectivity index is 1.76. The highest BCUT2D eigenvalue weighted by Gasteiger charge is 2.24. The predicted octanol–water partition coefficient (Wildman–Crippen LogP) is 3.94. The molecule has 2 N–H and O–H groups in total. The van der Waals surface area contributed by atoms with E-state index in [4.69, 9.17) is 9.47 Å². The van der Waals surface area contributed by atoms with Crippen molar-refractivity contribution in [2.75, 3.05) is 12.4 Å². The van der Waals surface area contributed by atoms with Gasteiger partial charge < -0.3 is 20.1 Å². The molecule has 1 amide bonds. The molecular weight excluding hydrogens is 292 g/mol. The fraction of sp³-hybridized carbons (Fsp3) is 0.611. The molecule has 1 aromatic rings. The summed E-state index contributed by atoms with van der Waals surface area (Å²) in [5.74, 6) is 0.857. The third-order valence-corrected chi connectivity index (χ3v) is 3.89. The fourth-order valence-corrected chi connectivity index (χ4v) is 2.80. The number of hydrogen-bond donors (Lipinski definition) is 2. The quantitative estimate of drug-likeness (QED) is 0.882. The molecule has 0 spiro atoms. The van der Waals surface area contributed by atoms with E-state index in [9.17, 15) is 4.79 Å². The molecule has 0 aliphatic heterocycles. The number of amides is 1. The molecule has 5 nitrogen and oxygen atoms in total. The van der Waals surface area contributed by atoms with Crippen molar-refractivity contribution < 1.29 is 14.3 Å². The van der Waals surface area contributed by atoms with Gasteiger partial charge in [-0.2, -0.15) is 0 Å². The zero-order chi connectivity index (χ0) is 16.9. The van der Waals surface area contributed by atoms with Crippen LogP contribution in [0.25, 0.3) is 0 Å². The summed E-state index contributed by atoms with van der Waals surface area (Å²) in [6, 6.07) is 8.61. The number of carbonyl (C=O) groups is 1. The lowest BCUT2D eigenvalue weighted by atomic mass is 9.91. The van der Waals surface area contributed by atoms with E-state index >= 15 is 0 Å². The number of ether oxygens (including phenoxy) is 2. The first-order valence-electron chi connectivity index (χ1n) is 8.26. The number of methoxy groups -OCH3 is 1. The van der Waals surface area contributed by atoms with Gasteiger partial charge in [-0.15, -0.1) is 0 Å². The number of carbonyl (C=O) groups excluding carboxylic acids is 1. The SMILES string of the molecule is COc1cccc(NC2CCC(NC(=O)OC(C)(C)C)CC2)c1. The van der Waals surface area contributed by atoms with Gasteiger partial charge >= 0.3 is 6.09 Å². The Bertz CT molecular complexity index is 517. The molecule has 1 saturated carbocycles. The molecule has 2 rings (SSSR count). The molecule has 0 unspecified atom stereocenters. The average molecular weight is 320 g/mol. The number of alkyl carbamates (subject to hydrolysis) is 1. The van der Waals surface area contributed by atoms with Gasteiger partial charge in [-0.05, 0) is 58.6 Å². The van der Waals surface area contributed by atoms with Crippen molar-refractivity contribution in [3.8, 4) is 5.75 Å². The summed E-state index contributed by atoms with van der Waals surface area (Å²) in [4.78, 5) is 11.8. The Labute approximate surface area is 138 Å². The number of hydrogen-bond acceptors (Lipinski definition) is 4. The van der Waals surface area contributed by atoms with Gasteiger partial charge in [-0.25, -0.2) is 4.79 Å². The number of nitrogens with one attached hydrogen (secondary N) is 2. The minimum Gasteiger partial charge on any atom is -0.497 e. The van der Waals surface area contributed by atoms with Crippen molar-refractivity contribution in [3.05, 3.63) is 24.3 Å². The van der Waals surface area contributed by atoms with Crippen LogP contribution in [0.4, 0.5) is 10.5 Å². The second-order valence-electron chi connectivity index (χ2n) is 7.07. The van der Waals surface area contributed by atoms with Gasteiger partial charge in [0.05, 0.1) is 7.11 Å². The second-order valence-corrected chi connectivity index (χ2v) is 7.07. The number of anilines is 1. The van der Waals surface area contributed by atoms with Gasteiger partial charge in [0.15, 0.2) is 0 Å². The summed E-state index contributed by atoms with van der Waals surface area (Å²) in [5.41, 5.74) is 0.628. The molecule has 1 aliphatic rings. The minimum atomic E-state index is -0.449. The van der Waals surface area contributed by atoms with E-state index in [0.29, 0.717) is 6.04 Å². The Morgan fingerprint density at radius 2 is 1.78 bits per heavy atom. The summed E-state index contributed by atoms with van der Waals surface area (Å²) in [5, 5.41) is 6.51. The van der Waals surface area contributed by atoms with E-state index in [1.807, 2.05) is 45.0 Å². The van der Waals surface area contributed by atoms with E-state index in [1.165, 1.54) is 0 Å². The Morgan fingerprint density at radius 1 is 1.13 bits per heavy atom. The Morgan fingerprint density at radius 3 is 2.39 bits per heavy atom. The summed E-state index contributed by atoms with van der Waals surface area (Å²) >= 11 is 0. The normalized spacial score (nSPS) is 21.4. The maximum Gasteiger partial charge on any atom is 0.407 e. The number of rotatable bonds is 4. The van der Waals surface area contributed by atoms with Gasteiger partial charge in [0.2, 0.25) is 0 Å². The molecule has 0 atom stereocenters. The van der Waals surface area contributed by atoms with Crippen molar-refractivity contribution in [2.24, 2.45) is 0 Å². The predicted molar refractivity (Wildman–Crippen MR) is 92.0 cm³/mol. The van der Waals surface area contributed by atoms with Crippen molar-refractivity contribution in [1.29, 1.82) is 0 Å². The maximum atomic E-state index is 11.8. The largest absolute Gasteiger partial charge is 0.497 e. The first-order chi connectivity index (χ1) is 10.9. The molecule has 5 heteroatoms. The van der Waals surface area contributed by atoms with E-state index in [2.05, 4.69) is 10.6 Å². The number of benzene rings is 1. The van der Waals surface area contributed by atoms with Gasteiger partial charge in [-0.3, -0.25) is 0 Å². The first-order valence-corrected chi connectivity index (χ1v) is 8.26.